The van der Waals surface area contributed by atoms with Gasteiger partial charge in [0.1, 0.15) is 0 Å². The van der Waals surface area contributed by atoms with Crippen LogP contribution in [0.3, 0.4) is 0 Å². The SMILES string of the molecule is CC(=O)Nc1cc(N)ccc1N(C)CCN(C)C. The van der Waals surface area contributed by atoms with Gasteiger partial charge in [0, 0.05) is 32.7 Å². The average Bonchev–Trinajstić information content (AvgIpc) is 2.25. The number of likely N-dealkylation sites (N-methyl/N-ethyl adjacent to an activating group) is 2. The molecular formula is C13H22N4O. The van der Waals surface area contributed by atoms with Gasteiger partial charge in [-0.15, -0.1) is 0 Å². The van der Waals surface area contributed by atoms with Crippen LogP contribution in [0.15, 0.2) is 18.2 Å². The fourth-order valence-electron chi connectivity index (χ4n) is 1.65. The minimum absolute atomic E-state index is 0.0946. The molecule has 3 N–H and O–H groups in total. The van der Waals surface area contributed by atoms with E-state index in [9.17, 15) is 4.79 Å². The van der Waals surface area contributed by atoms with Crippen LogP contribution in [0.2, 0.25) is 0 Å². The van der Waals surface area contributed by atoms with E-state index in [1.54, 1.807) is 6.07 Å². The largest absolute Gasteiger partial charge is 0.399 e. The highest BCUT2D eigenvalue weighted by Gasteiger charge is 2.09. The van der Waals surface area contributed by atoms with Gasteiger partial charge < -0.3 is 20.9 Å². The molecule has 0 spiro atoms. The molecule has 100 valence electrons. The second-order valence-corrected chi connectivity index (χ2v) is 4.68. The second-order valence-electron chi connectivity index (χ2n) is 4.68. The monoisotopic (exact) mass is 250 g/mol. The maximum atomic E-state index is 11.2. The Labute approximate surface area is 109 Å². The third-order valence-corrected chi connectivity index (χ3v) is 2.63. The Bertz CT molecular complexity index is 417. The first-order valence-corrected chi connectivity index (χ1v) is 5.93. The number of benzene rings is 1. The molecule has 0 aliphatic heterocycles. The Hall–Kier alpha value is -1.75. The van der Waals surface area contributed by atoms with E-state index in [0.29, 0.717) is 5.69 Å². The Balaban J connectivity index is 2.88. The highest BCUT2D eigenvalue weighted by atomic mass is 16.1. The van der Waals surface area contributed by atoms with Crippen LogP contribution in [0.1, 0.15) is 6.92 Å². The van der Waals surface area contributed by atoms with Crippen molar-refractivity contribution in [2.45, 2.75) is 6.92 Å². The molecule has 0 fully saturated rings. The lowest BCUT2D eigenvalue weighted by Gasteiger charge is -2.24. The van der Waals surface area contributed by atoms with Crippen molar-refractivity contribution in [1.29, 1.82) is 0 Å². The summed E-state index contributed by atoms with van der Waals surface area (Å²) in [5.74, 6) is -0.0946. The predicted octanol–water partition coefficient (Wildman–Crippen LogP) is 1.22. The van der Waals surface area contributed by atoms with Crippen molar-refractivity contribution in [1.82, 2.24) is 4.90 Å². The maximum absolute atomic E-state index is 11.2. The molecule has 0 saturated carbocycles. The summed E-state index contributed by atoms with van der Waals surface area (Å²) in [7, 11) is 6.07. The highest BCUT2D eigenvalue weighted by molar-refractivity contribution is 5.93. The number of nitrogens with two attached hydrogens (primary N) is 1. The molecule has 0 radical (unpaired) electrons. The molecule has 1 aromatic rings. The zero-order valence-electron chi connectivity index (χ0n) is 11.5. The zero-order valence-corrected chi connectivity index (χ0v) is 11.5. The fourth-order valence-corrected chi connectivity index (χ4v) is 1.65. The highest BCUT2D eigenvalue weighted by Crippen LogP contribution is 2.27. The van der Waals surface area contributed by atoms with Gasteiger partial charge in [-0.05, 0) is 32.3 Å². The van der Waals surface area contributed by atoms with E-state index in [-0.39, 0.29) is 5.91 Å². The quantitative estimate of drug-likeness (QED) is 0.772. The molecule has 1 rings (SSSR count). The first-order valence-electron chi connectivity index (χ1n) is 5.93. The van der Waals surface area contributed by atoms with E-state index in [1.807, 2.05) is 33.3 Å². The molecule has 0 aliphatic rings. The number of hydrogen-bond acceptors (Lipinski definition) is 4. The smallest absolute Gasteiger partial charge is 0.221 e. The number of hydrogen-bond donors (Lipinski definition) is 2. The third-order valence-electron chi connectivity index (χ3n) is 2.63. The van der Waals surface area contributed by atoms with Crippen LogP contribution >= 0.6 is 0 Å². The molecule has 5 heteroatoms. The van der Waals surface area contributed by atoms with E-state index in [1.165, 1.54) is 6.92 Å². The second kappa shape index (κ2) is 6.26. The van der Waals surface area contributed by atoms with Gasteiger partial charge in [-0.2, -0.15) is 0 Å². The predicted molar refractivity (Wildman–Crippen MR) is 77.0 cm³/mol. The van der Waals surface area contributed by atoms with E-state index >= 15 is 0 Å². The van der Waals surface area contributed by atoms with Crippen LogP contribution in [-0.2, 0) is 4.79 Å². The van der Waals surface area contributed by atoms with Gasteiger partial charge in [0.05, 0.1) is 11.4 Å². The Morgan fingerprint density at radius 2 is 1.94 bits per heavy atom. The molecular weight excluding hydrogens is 228 g/mol. The van der Waals surface area contributed by atoms with E-state index in [2.05, 4.69) is 15.1 Å². The summed E-state index contributed by atoms with van der Waals surface area (Å²) in [6.45, 7) is 3.32. The number of nitrogens with one attached hydrogen (secondary N) is 1. The van der Waals surface area contributed by atoms with Crippen molar-refractivity contribution < 1.29 is 4.79 Å². The lowest BCUT2D eigenvalue weighted by atomic mass is 10.2. The van der Waals surface area contributed by atoms with Gasteiger partial charge in [-0.3, -0.25) is 4.79 Å². The zero-order chi connectivity index (χ0) is 13.7. The van der Waals surface area contributed by atoms with Crippen molar-refractivity contribution in [2.24, 2.45) is 0 Å². The third kappa shape index (κ3) is 4.25. The molecule has 1 aromatic carbocycles. The molecule has 5 nitrogen and oxygen atoms in total. The molecule has 0 aromatic heterocycles. The van der Waals surface area contributed by atoms with Gasteiger partial charge in [-0.1, -0.05) is 0 Å². The van der Waals surface area contributed by atoms with Crippen LogP contribution in [0.25, 0.3) is 0 Å². The van der Waals surface area contributed by atoms with Crippen molar-refractivity contribution >= 4 is 23.0 Å². The van der Waals surface area contributed by atoms with Gasteiger partial charge in [0.25, 0.3) is 0 Å². The number of rotatable bonds is 5. The van der Waals surface area contributed by atoms with Crippen molar-refractivity contribution in [3.8, 4) is 0 Å². The van der Waals surface area contributed by atoms with Crippen molar-refractivity contribution in [2.75, 3.05) is 50.2 Å². The molecule has 18 heavy (non-hydrogen) atoms. The van der Waals surface area contributed by atoms with Crippen LogP contribution in [-0.4, -0.2) is 45.0 Å². The number of anilines is 3. The summed E-state index contributed by atoms with van der Waals surface area (Å²) in [5, 5.41) is 2.81. The number of carbonyl (C=O) groups excluding carboxylic acids is 1. The Morgan fingerprint density at radius 3 is 2.50 bits per heavy atom. The standard InChI is InChI=1S/C13H22N4O/c1-10(18)15-12-9-11(14)5-6-13(12)17(4)8-7-16(2)3/h5-6,9H,7-8,14H2,1-4H3,(H,15,18). The Kier molecular flexibility index (Phi) is 4.97. The van der Waals surface area contributed by atoms with Crippen molar-refractivity contribution in [3.05, 3.63) is 18.2 Å². The number of carbonyl (C=O) groups is 1. The summed E-state index contributed by atoms with van der Waals surface area (Å²) in [6, 6.07) is 5.55. The van der Waals surface area contributed by atoms with Crippen LogP contribution < -0.4 is 16.0 Å². The maximum Gasteiger partial charge on any atom is 0.221 e. The van der Waals surface area contributed by atoms with Gasteiger partial charge >= 0.3 is 0 Å². The summed E-state index contributed by atoms with van der Waals surface area (Å²) >= 11 is 0. The Morgan fingerprint density at radius 1 is 1.28 bits per heavy atom. The fraction of sp³-hybridized carbons (Fsp3) is 0.462. The molecule has 0 heterocycles. The molecule has 0 bridgehead atoms. The van der Waals surface area contributed by atoms with Crippen LogP contribution in [0.4, 0.5) is 17.1 Å². The van der Waals surface area contributed by atoms with Gasteiger partial charge in [0.2, 0.25) is 5.91 Å². The number of nitrogen functional groups attached to an aromatic ring is 1. The van der Waals surface area contributed by atoms with Crippen molar-refractivity contribution in [3.63, 3.8) is 0 Å². The minimum Gasteiger partial charge on any atom is -0.399 e. The molecule has 1 amide bonds. The lowest BCUT2D eigenvalue weighted by molar-refractivity contribution is -0.114. The number of amides is 1. The number of nitrogens with zero attached hydrogens (tertiary/aromatic N) is 2. The van der Waals surface area contributed by atoms with E-state index in [0.717, 1.165) is 24.5 Å². The summed E-state index contributed by atoms with van der Waals surface area (Å²) in [5.41, 5.74) is 8.12. The van der Waals surface area contributed by atoms with Gasteiger partial charge in [-0.25, -0.2) is 0 Å². The molecule has 0 saturated heterocycles. The minimum atomic E-state index is -0.0946. The van der Waals surface area contributed by atoms with Crippen LogP contribution in [0, 0.1) is 0 Å². The van der Waals surface area contributed by atoms with E-state index in [4.69, 9.17) is 5.73 Å². The molecule has 0 unspecified atom stereocenters. The summed E-state index contributed by atoms with van der Waals surface area (Å²) in [4.78, 5) is 15.4. The lowest BCUT2D eigenvalue weighted by Crippen LogP contribution is -2.29. The first-order chi connectivity index (χ1) is 8.40. The first kappa shape index (κ1) is 14.3. The van der Waals surface area contributed by atoms with Crippen LogP contribution in [0.5, 0.6) is 0 Å². The normalized spacial score (nSPS) is 10.5. The van der Waals surface area contributed by atoms with E-state index < -0.39 is 0 Å². The molecule has 0 aliphatic carbocycles. The summed E-state index contributed by atoms with van der Waals surface area (Å²) in [6.07, 6.45) is 0. The summed E-state index contributed by atoms with van der Waals surface area (Å²) < 4.78 is 0. The topological polar surface area (TPSA) is 61.6 Å². The molecule has 0 atom stereocenters. The average molecular weight is 250 g/mol. The van der Waals surface area contributed by atoms with Gasteiger partial charge in [0.15, 0.2) is 0 Å².